The molecule has 3 aromatic rings. The first-order chi connectivity index (χ1) is 15.0. The van der Waals surface area contributed by atoms with Gasteiger partial charge in [0, 0.05) is 11.1 Å². The molecule has 3 rings (SSSR count). The first-order valence-corrected chi connectivity index (χ1v) is 9.54. The van der Waals surface area contributed by atoms with Crippen LogP contribution in [-0.4, -0.2) is 0 Å². The molecule has 0 spiro atoms. The van der Waals surface area contributed by atoms with E-state index in [0.717, 1.165) is 30.5 Å². The molecule has 0 fully saturated rings. The fourth-order valence-corrected chi connectivity index (χ4v) is 3.24. The van der Waals surface area contributed by atoms with E-state index in [9.17, 15) is 35.1 Å². The number of benzene rings is 3. The predicted molar refractivity (Wildman–Crippen MR) is 106 cm³/mol. The van der Waals surface area contributed by atoms with E-state index in [2.05, 4.69) is 0 Å². The van der Waals surface area contributed by atoms with Gasteiger partial charge in [0.15, 0.2) is 11.7 Å². The summed E-state index contributed by atoms with van der Waals surface area (Å²) in [7, 11) is 0. The van der Waals surface area contributed by atoms with Crippen molar-refractivity contribution in [1.29, 1.82) is 0 Å². The number of alkyl halides is 3. The van der Waals surface area contributed by atoms with Crippen LogP contribution in [0.5, 0.6) is 0 Å². The lowest BCUT2D eigenvalue weighted by molar-refractivity contribution is -0.142. The van der Waals surface area contributed by atoms with Gasteiger partial charge in [-0.05, 0) is 47.4 Å². The lowest BCUT2D eigenvalue weighted by Crippen LogP contribution is -2.11. The molecule has 0 saturated carbocycles. The molecule has 168 valence electrons. The first kappa shape index (κ1) is 23.5. The van der Waals surface area contributed by atoms with E-state index in [4.69, 9.17) is 0 Å². The van der Waals surface area contributed by atoms with Crippen molar-refractivity contribution in [3.05, 3.63) is 94.3 Å². The van der Waals surface area contributed by atoms with Crippen molar-refractivity contribution < 1.29 is 35.1 Å². The Bertz CT molecular complexity index is 1130. The summed E-state index contributed by atoms with van der Waals surface area (Å²) < 4.78 is 109. The zero-order chi connectivity index (χ0) is 23.6. The van der Waals surface area contributed by atoms with Crippen molar-refractivity contribution in [3.8, 4) is 11.1 Å². The summed E-state index contributed by atoms with van der Waals surface area (Å²) in [6.07, 6.45) is -3.54. The van der Waals surface area contributed by atoms with Crippen LogP contribution in [0.15, 0.2) is 54.6 Å². The SMILES string of the molecule is CCCc1ccc(-c2ccc(C(F)=C(F)c3cc(F)c(C(F)(F)F)c(F)c3)c(F)c2)cc1. The van der Waals surface area contributed by atoms with Gasteiger partial charge in [0.25, 0.3) is 0 Å². The molecule has 0 nitrogen and oxygen atoms in total. The van der Waals surface area contributed by atoms with E-state index in [1.807, 2.05) is 19.1 Å². The van der Waals surface area contributed by atoms with Gasteiger partial charge < -0.3 is 0 Å². The average Bonchev–Trinajstić information content (AvgIpc) is 2.72. The predicted octanol–water partition coefficient (Wildman–Crippen LogP) is 8.51. The number of hydrogen-bond acceptors (Lipinski definition) is 0. The minimum Gasteiger partial charge on any atom is -0.206 e. The Morgan fingerprint density at radius 2 is 1.28 bits per heavy atom. The molecule has 0 heterocycles. The molecule has 0 aliphatic carbocycles. The highest BCUT2D eigenvalue weighted by Crippen LogP contribution is 2.37. The van der Waals surface area contributed by atoms with Crippen LogP contribution in [0.1, 0.15) is 35.6 Å². The van der Waals surface area contributed by atoms with Gasteiger partial charge in [0.05, 0.1) is 0 Å². The van der Waals surface area contributed by atoms with Crippen molar-refractivity contribution >= 4 is 11.7 Å². The molecule has 0 aliphatic rings. The van der Waals surface area contributed by atoms with E-state index in [1.165, 1.54) is 6.07 Å². The van der Waals surface area contributed by atoms with Gasteiger partial charge >= 0.3 is 6.18 Å². The van der Waals surface area contributed by atoms with Crippen molar-refractivity contribution in [1.82, 2.24) is 0 Å². The molecule has 0 N–H and O–H groups in total. The number of rotatable bonds is 5. The summed E-state index contributed by atoms with van der Waals surface area (Å²) in [5, 5.41) is 0. The van der Waals surface area contributed by atoms with Crippen LogP contribution in [0.25, 0.3) is 22.8 Å². The summed E-state index contributed by atoms with van der Waals surface area (Å²) in [6.45, 7) is 2.02. The zero-order valence-corrected chi connectivity index (χ0v) is 16.6. The molecular formula is C24H16F8. The molecule has 0 aliphatic heterocycles. The van der Waals surface area contributed by atoms with E-state index >= 15 is 0 Å². The topological polar surface area (TPSA) is 0 Å². The van der Waals surface area contributed by atoms with Crippen LogP contribution in [0.3, 0.4) is 0 Å². The molecule has 8 heteroatoms. The van der Waals surface area contributed by atoms with Gasteiger partial charge in [0.1, 0.15) is 23.0 Å². The van der Waals surface area contributed by atoms with E-state index in [-0.39, 0.29) is 12.1 Å². The maximum atomic E-state index is 14.5. The van der Waals surface area contributed by atoms with Gasteiger partial charge in [-0.15, -0.1) is 0 Å². The highest BCUT2D eigenvalue weighted by Gasteiger charge is 2.38. The minimum absolute atomic E-state index is 0.00491. The second-order valence-electron chi connectivity index (χ2n) is 7.08. The van der Waals surface area contributed by atoms with Gasteiger partial charge in [0.2, 0.25) is 0 Å². The van der Waals surface area contributed by atoms with E-state index in [1.54, 1.807) is 12.1 Å². The normalized spacial score (nSPS) is 12.7. The van der Waals surface area contributed by atoms with Crippen molar-refractivity contribution in [2.24, 2.45) is 0 Å². The molecule has 0 amide bonds. The quantitative estimate of drug-likeness (QED) is 0.267. The third-order valence-corrected chi connectivity index (χ3v) is 4.80. The summed E-state index contributed by atoms with van der Waals surface area (Å²) in [6, 6.07) is 10.5. The molecule has 3 aromatic carbocycles. The van der Waals surface area contributed by atoms with Crippen molar-refractivity contribution in [2.45, 2.75) is 25.9 Å². The highest BCUT2D eigenvalue weighted by atomic mass is 19.4. The maximum Gasteiger partial charge on any atom is 0.422 e. The standard InChI is InChI=1S/C24H16F8/c1-2-3-13-4-6-14(7-5-13)15-8-9-17(18(25)10-15)23(29)22(28)16-11-19(26)21(20(27)12-16)24(30,31)32/h4-12H,2-3H2,1H3. The second-order valence-corrected chi connectivity index (χ2v) is 7.08. The van der Waals surface area contributed by atoms with Crippen LogP contribution >= 0.6 is 0 Å². The van der Waals surface area contributed by atoms with Gasteiger partial charge in [-0.2, -0.15) is 13.2 Å². The summed E-state index contributed by atoms with van der Waals surface area (Å²) >= 11 is 0. The third-order valence-electron chi connectivity index (χ3n) is 4.80. The molecule has 0 bridgehead atoms. The molecule has 0 aromatic heterocycles. The summed E-state index contributed by atoms with van der Waals surface area (Å²) in [4.78, 5) is 0. The summed E-state index contributed by atoms with van der Waals surface area (Å²) in [5.74, 6) is -9.07. The molecule has 0 atom stereocenters. The van der Waals surface area contributed by atoms with Gasteiger partial charge in [-0.1, -0.05) is 43.7 Å². The molecule has 32 heavy (non-hydrogen) atoms. The Morgan fingerprint density at radius 3 is 1.78 bits per heavy atom. The molecule has 0 radical (unpaired) electrons. The van der Waals surface area contributed by atoms with Gasteiger partial charge in [-0.25, -0.2) is 22.0 Å². The minimum atomic E-state index is -5.36. The third kappa shape index (κ3) is 4.84. The lowest BCUT2D eigenvalue weighted by atomic mass is 10.00. The second kappa shape index (κ2) is 9.14. The monoisotopic (exact) mass is 456 g/mol. The van der Waals surface area contributed by atoms with E-state index < -0.39 is 52.0 Å². The Morgan fingerprint density at radius 1 is 0.719 bits per heavy atom. The van der Waals surface area contributed by atoms with Crippen LogP contribution in [-0.2, 0) is 12.6 Å². The smallest absolute Gasteiger partial charge is 0.206 e. The molecule has 0 saturated heterocycles. The first-order valence-electron chi connectivity index (χ1n) is 9.54. The van der Waals surface area contributed by atoms with Crippen LogP contribution in [0.2, 0.25) is 0 Å². The maximum absolute atomic E-state index is 14.5. The van der Waals surface area contributed by atoms with Crippen molar-refractivity contribution in [3.63, 3.8) is 0 Å². The fourth-order valence-electron chi connectivity index (χ4n) is 3.24. The number of halogens is 8. The highest BCUT2D eigenvalue weighted by molar-refractivity contribution is 5.84. The fraction of sp³-hybridized carbons (Fsp3) is 0.167. The van der Waals surface area contributed by atoms with Crippen LogP contribution < -0.4 is 0 Å². The molecule has 0 unspecified atom stereocenters. The Kier molecular flexibility index (Phi) is 6.71. The largest absolute Gasteiger partial charge is 0.422 e. The van der Waals surface area contributed by atoms with Crippen LogP contribution in [0, 0.1) is 17.5 Å². The molecular weight excluding hydrogens is 440 g/mol. The van der Waals surface area contributed by atoms with E-state index in [0.29, 0.717) is 11.1 Å². The Labute approximate surface area is 178 Å². The Hall–Kier alpha value is -3.16. The Balaban J connectivity index is 1.97. The number of aryl methyl sites for hydroxylation is 1. The van der Waals surface area contributed by atoms with Crippen molar-refractivity contribution in [2.75, 3.05) is 0 Å². The summed E-state index contributed by atoms with van der Waals surface area (Å²) in [5.41, 5.74) is -2.09. The number of hydrogen-bond donors (Lipinski definition) is 0. The average molecular weight is 456 g/mol. The zero-order valence-electron chi connectivity index (χ0n) is 16.6. The lowest BCUT2D eigenvalue weighted by Gasteiger charge is -2.11. The van der Waals surface area contributed by atoms with Crippen LogP contribution in [0.4, 0.5) is 35.1 Å². The van der Waals surface area contributed by atoms with Gasteiger partial charge in [-0.3, -0.25) is 0 Å².